The second-order valence-electron chi connectivity index (χ2n) is 3.60. The van der Waals surface area contributed by atoms with E-state index in [1.807, 2.05) is 0 Å². The summed E-state index contributed by atoms with van der Waals surface area (Å²) in [6, 6.07) is -0.989. The fraction of sp³-hybridized carbons (Fsp3) is 0.500. The summed E-state index contributed by atoms with van der Waals surface area (Å²) in [7, 11) is -3.13. The van der Waals surface area contributed by atoms with Gasteiger partial charge in [0.25, 0.3) is 0 Å². The highest BCUT2D eigenvalue weighted by molar-refractivity contribution is 7.94. The van der Waals surface area contributed by atoms with Gasteiger partial charge in [-0.2, -0.15) is 0 Å². The van der Waals surface area contributed by atoms with E-state index in [1.54, 1.807) is 0 Å². The van der Waals surface area contributed by atoms with E-state index >= 15 is 0 Å². The molecule has 15 heavy (non-hydrogen) atoms. The molecule has 0 bridgehead atoms. The van der Waals surface area contributed by atoms with E-state index in [0.717, 1.165) is 5.41 Å². The molecule has 2 aliphatic heterocycles. The Morgan fingerprint density at radius 2 is 2.13 bits per heavy atom. The van der Waals surface area contributed by atoms with Crippen molar-refractivity contribution < 1.29 is 18.0 Å². The maximum Gasteiger partial charge on any atom is 0.244 e. The molecule has 2 rings (SSSR count). The second kappa shape index (κ2) is 3.42. The van der Waals surface area contributed by atoms with Crippen LogP contribution in [0.5, 0.6) is 0 Å². The molecule has 1 fully saturated rings. The van der Waals surface area contributed by atoms with Gasteiger partial charge in [-0.05, 0) is 0 Å². The molecule has 1 saturated heterocycles. The molecule has 2 N–H and O–H groups in total. The van der Waals surface area contributed by atoms with E-state index in [9.17, 15) is 18.0 Å². The van der Waals surface area contributed by atoms with Crippen LogP contribution in [0.2, 0.25) is 0 Å². The lowest BCUT2D eigenvalue weighted by molar-refractivity contribution is -0.125. The van der Waals surface area contributed by atoms with Crippen LogP contribution >= 0.6 is 0 Å². The maximum absolute atomic E-state index is 11.2. The van der Waals surface area contributed by atoms with Crippen LogP contribution < -0.4 is 10.6 Å². The van der Waals surface area contributed by atoms with Crippen LogP contribution in [-0.2, 0) is 19.4 Å². The molecule has 0 aromatic rings. The summed E-state index contributed by atoms with van der Waals surface area (Å²) in [5.41, 5.74) is 0. The minimum Gasteiger partial charge on any atom is -0.298 e. The van der Waals surface area contributed by atoms with Crippen LogP contribution in [0.3, 0.4) is 0 Å². The first-order chi connectivity index (χ1) is 6.96. The molecule has 2 amide bonds. The van der Waals surface area contributed by atoms with Crippen LogP contribution in [0.1, 0.15) is 6.42 Å². The Labute approximate surface area is 86.6 Å². The third kappa shape index (κ3) is 2.24. The molecule has 7 heteroatoms. The van der Waals surface area contributed by atoms with Crippen molar-refractivity contribution in [1.82, 2.24) is 10.6 Å². The highest BCUT2D eigenvalue weighted by atomic mass is 32.2. The average Bonchev–Trinajstić information content (AvgIpc) is 2.57. The number of carbonyl (C=O) groups excluding carboxylic acids is 2. The molecule has 0 aromatic carbocycles. The first-order valence-corrected chi connectivity index (χ1v) is 6.18. The fourth-order valence-corrected chi connectivity index (χ4v) is 2.87. The minimum atomic E-state index is -3.13. The molecule has 0 saturated carbocycles. The zero-order chi connectivity index (χ0) is 11.1. The number of sulfone groups is 1. The number of hydrogen-bond acceptors (Lipinski definition) is 5. The predicted molar refractivity (Wildman–Crippen MR) is 51.4 cm³/mol. The Kier molecular flexibility index (Phi) is 2.35. The Hall–Kier alpha value is -1.21. The summed E-state index contributed by atoms with van der Waals surface area (Å²) in [5.74, 6) is -0.773. The van der Waals surface area contributed by atoms with Gasteiger partial charge < -0.3 is 0 Å². The summed E-state index contributed by atoms with van der Waals surface area (Å²) >= 11 is 0. The third-order valence-electron chi connectivity index (χ3n) is 2.31. The van der Waals surface area contributed by atoms with Crippen molar-refractivity contribution >= 4 is 21.7 Å². The summed E-state index contributed by atoms with van der Waals surface area (Å²) in [5, 5.41) is 6.09. The molecular weight excluding hydrogens is 220 g/mol. The Morgan fingerprint density at radius 3 is 2.60 bits per heavy atom. The van der Waals surface area contributed by atoms with Crippen molar-refractivity contribution in [3.8, 4) is 0 Å². The quantitative estimate of drug-likeness (QED) is 0.552. The van der Waals surface area contributed by atoms with Crippen LogP contribution in [0, 0.1) is 0 Å². The normalized spacial score (nSPS) is 33.3. The molecule has 82 valence electrons. The van der Waals surface area contributed by atoms with Gasteiger partial charge in [0.05, 0.1) is 18.2 Å². The SMILES string of the molecule is O=C1CC(NC2C=CS(=O)(=O)C2)C(=O)N1. The van der Waals surface area contributed by atoms with Gasteiger partial charge in [-0.1, -0.05) is 6.08 Å². The zero-order valence-electron chi connectivity index (χ0n) is 7.76. The second-order valence-corrected chi connectivity index (χ2v) is 5.53. The predicted octanol–water partition coefficient (Wildman–Crippen LogP) is -1.70. The first kappa shape index (κ1) is 10.3. The van der Waals surface area contributed by atoms with Crippen LogP contribution in [0.4, 0.5) is 0 Å². The van der Waals surface area contributed by atoms with Crippen molar-refractivity contribution in [2.45, 2.75) is 18.5 Å². The number of amides is 2. The molecule has 0 aliphatic carbocycles. The summed E-state index contributed by atoms with van der Waals surface area (Å²) < 4.78 is 22.1. The van der Waals surface area contributed by atoms with E-state index in [4.69, 9.17) is 0 Å². The topological polar surface area (TPSA) is 92.3 Å². The number of imide groups is 1. The van der Waals surface area contributed by atoms with Gasteiger partial charge >= 0.3 is 0 Å². The summed E-state index contributed by atoms with van der Waals surface area (Å²) in [6.07, 6.45) is 1.56. The van der Waals surface area contributed by atoms with Crippen LogP contribution in [0.15, 0.2) is 11.5 Å². The van der Waals surface area contributed by atoms with Gasteiger partial charge in [0.1, 0.15) is 0 Å². The highest BCUT2D eigenvalue weighted by Crippen LogP contribution is 2.11. The highest BCUT2D eigenvalue weighted by Gasteiger charge is 2.33. The lowest BCUT2D eigenvalue weighted by Crippen LogP contribution is -2.43. The van der Waals surface area contributed by atoms with E-state index in [0.29, 0.717) is 0 Å². The maximum atomic E-state index is 11.2. The Morgan fingerprint density at radius 1 is 1.40 bits per heavy atom. The number of hydrogen-bond donors (Lipinski definition) is 2. The molecular formula is C8H10N2O4S. The molecule has 0 aromatic heterocycles. The molecule has 2 unspecified atom stereocenters. The lowest BCUT2D eigenvalue weighted by atomic mass is 10.2. The van der Waals surface area contributed by atoms with Crippen molar-refractivity contribution in [2.24, 2.45) is 0 Å². The molecule has 0 spiro atoms. The van der Waals surface area contributed by atoms with Gasteiger partial charge in [-0.15, -0.1) is 0 Å². The molecule has 2 atom stereocenters. The lowest BCUT2D eigenvalue weighted by Gasteiger charge is -2.13. The van der Waals surface area contributed by atoms with E-state index < -0.39 is 21.8 Å². The molecule has 2 heterocycles. The van der Waals surface area contributed by atoms with Gasteiger partial charge in [0, 0.05) is 11.4 Å². The number of carbonyl (C=O) groups is 2. The van der Waals surface area contributed by atoms with Crippen molar-refractivity contribution in [3.05, 3.63) is 11.5 Å². The molecule has 0 radical (unpaired) electrons. The smallest absolute Gasteiger partial charge is 0.244 e. The van der Waals surface area contributed by atoms with E-state index in [1.165, 1.54) is 6.08 Å². The molecule has 6 nitrogen and oxygen atoms in total. The van der Waals surface area contributed by atoms with E-state index in [-0.39, 0.29) is 24.1 Å². The van der Waals surface area contributed by atoms with Crippen molar-refractivity contribution in [1.29, 1.82) is 0 Å². The summed E-state index contributed by atoms with van der Waals surface area (Å²) in [4.78, 5) is 22.0. The average molecular weight is 230 g/mol. The van der Waals surface area contributed by atoms with Crippen LogP contribution in [-0.4, -0.2) is 38.1 Å². The van der Waals surface area contributed by atoms with Gasteiger partial charge in [0.15, 0.2) is 9.84 Å². The monoisotopic (exact) mass is 230 g/mol. The summed E-state index contributed by atoms with van der Waals surface area (Å²) in [6.45, 7) is 0. The van der Waals surface area contributed by atoms with Gasteiger partial charge in [0.2, 0.25) is 11.8 Å². The zero-order valence-corrected chi connectivity index (χ0v) is 8.58. The molecule has 2 aliphatic rings. The Balaban J connectivity index is 1.97. The van der Waals surface area contributed by atoms with Crippen LogP contribution in [0.25, 0.3) is 0 Å². The van der Waals surface area contributed by atoms with E-state index in [2.05, 4.69) is 10.6 Å². The van der Waals surface area contributed by atoms with Gasteiger partial charge in [-0.25, -0.2) is 8.42 Å². The minimum absolute atomic E-state index is 0.0506. The Bertz CT molecular complexity index is 440. The third-order valence-corrected chi connectivity index (χ3v) is 3.71. The number of rotatable bonds is 2. The largest absolute Gasteiger partial charge is 0.298 e. The number of nitrogens with one attached hydrogen (secondary N) is 2. The fourth-order valence-electron chi connectivity index (χ4n) is 1.63. The standard InChI is InChI=1S/C8H10N2O4S/c11-7-3-6(8(12)10-7)9-5-1-2-15(13,14)4-5/h1-2,5-6,9H,3-4H2,(H,10,11,12). The first-order valence-electron chi connectivity index (χ1n) is 4.47. The van der Waals surface area contributed by atoms with Crippen molar-refractivity contribution in [3.63, 3.8) is 0 Å². The van der Waals surface area contributed by atoms with Gasteiger partial charge in [-0.3, -0.25) is 20.2 Å². The van der Waals surface area contributed by atoms with Crippen molar-refractivity contribution in [2.75, 3.05) is 5.75 Å².